The lowest BCUT2D eigenvalue weighted by Crippen LogP contribution is -2.42. The molecule has 1 amide bonds. The van der Waals surface area contributed by atoms with E-state index in [-0.39, 0.29) is 27.2 Å². The van der Waals surface area contributed by atoms with Gasteiger partial charge in [-0.3, -0.25) is 9.59 Å². The third kappa shape index (κ3) is 4.73. The zero-order valence-electron chi connectivity index (χ0n) is 19.9. The van der Waals surface area contributed by atoms with Crippen LogP contribution in [0.3, 0.4) is 0 Å². The van der Waals surface area contributed by atoms with Crippen LogP contribution in [0.1, 0.15) is 63.2 Å². The van der Waals surface area contributed by atoms with Gasteiger partial charge in [-0.25, -0.2) is 8.42 Å². The summed E-state index contributed by atoms with van der Waals surface area (Å²) in [6.45, 7) is 8.94. The predicted octanol–water partition coefficient (Wildman–Crippen LogP) is 3.70. The first-order valence-corrected chi connectivity index (χ1v) is 13.6. The fourth-order valence-corrected chi connectivity index (χ4v) is 7.05. The molecule has 0 radical (unpaired) electrons. The Morgan fingerprint density at radius 2 is 1.67 bits per heavy atom. The number of aromatic nitrogens is 1. The maximum absolute atomic E-state index is 13.5. The molecule has 0 saturated carbocycles. The van der Waals surface area contributed by atoms with Gasteiger partial charge in [0.25, 0.3) is 5.91 Å². The fourth-order valence-electron chi connectivity index (χ4n) is 5.35. The van der Waals surface area contributed by atoms with Gasteiger partial charge < -0.3 is 9.47 Å². The number of benzene rings is 1. The lowest BCUT2D eigenvalue weighted by atomic mass is 9.94. The van der Waals surface area contributed by atoms with Gasteiger partial charge in [0.05, 0.1) is 10.4 Å². The molecule has 1 aromatic carbocycles. The van der Waals surface area contributed by atoms with Crippen LogP contribution in [0.5, 0.6) is 0 Å². The van der Waals surface area contributed by atoms with Crippen molar-refractivity contribution in [3.63, 3.8) is 0 Å². The number of piperidine rings is 1. The lowest BCUT2D eigenvalue weighted by molar-refractivity contribution is 0.0759. The van der Waals surface area contributed by atoms with E-state index in [1.54, 1.807) is 23.2 Å². The SMILES string of the molecule is CCn1cc(C(=O)N2CCCCCC2)c(=O)c2cc(S(=O)(=O)N3C[C@H](C)C[C@H](C)C3)ccc21. The Kier molecular flexibility index (Phi) is 6.96. The molecule has 33 heavy (non-hydrogen) atoms. The number of likely N-dealkylation sites (tertiary alicyclic amines) is 1. The summed E-state index contributed by atoms with van der Waals surface area (Å²) in [5.74, 6) is 0.330. The first kappa shape index (κ1) is 24.0. The Labute approximate surface area is 196 Å². The van der Waals surface area contributed by atoms with Crippen molar-refractivity contribution >= 4 is 26.8 Å². The molecular weight excluding hydrogens is 438 g/mol. The number of nitrogens with zero attached hydrogens (tertiary/aromatic N) is 3. The highest BCUT2D eigenvalue weighted by atomic mass is 32.2. The van der Waals surface area contributed by atoms with Crippen LogP contribution < -0.4 is 5.43 Å². The molecule has 4 rings (SSSR count). The lowest BCUT2D eigenvalue weighted by Gasteiger charge is -2.34. The van der Waals surface area contributed by atoms with Crippen molar-refractivity contribution in [2.45, 2.75) is 64.3 Å². The zero-order chi connectivity index (χ0) is 23.8. The normalized spacial score (nSPS) is 22.9. The summed E-state index contributed by atoms with van der Waals surface area (Å²) in [4.78, 5) is 28.6. The molecule has 0 unspecified atom stereocenters. The van der Waals surface area contributed by atoms with Crippen molar-refractivity contribution in [2.75, 3.05) is 26.2 Å². The van der Waals surface area contributed by atoms with Gasteiger partial charge in [0.2, 0.25) is 15.5 Å². The number of rotatable bonds is 4. The maximum Gasteiger partial charge on any atom is 0.259 e. The summed E-state index contributed by atoms with van der Waals surface area (Å²) in [5.41, 5.74) is 0.386. The van der Waals surface area contributed by atoms with Crippen LogP contribution in [0.15, 0.2) is 34.1 Å². The molecule has 0 bridgehead atoms. The standard InChI is InChI=1S/C25H35N3O4S/c1-4-26-17-22(25(30)27-11-7-5-6-8-12-27)24(29)21-14-20(9-10-23(21)26)33(31,32)28-15-18(2)13-19(3)16-28/h9-10,14,17-19H,4-8,11-13,15-16H2,1-3H3/t18-,19+. The minimum atomic E-state index is -3.72. The quantitative estimate of drug-likeness (QED) is 0.678. The van der Waals surface area contributed by atoms with E-state index in [2.05, 4.69) is 13.8 Å². The Morgan fingerprint density at radius 1 is 1.03 bits per heavy atom. The molecule has 3 heterocycles. The summed E-state index contributed by atoms with van der Waals surface area (Å²) in [6, 6.07) is 4.76. The van der Waals surface area contributed by atoms with Crippen molar-refractivity contribution in [3.05, 3.63) is 40.2 Å². The predicted molar refractivity (Wildman–Crippen MR) is 130 cm³/mol. The molecule has 0 N–H and O–H groups in total. The highest BCUT2D eigenvalue weighted by molar-refractivity contribution is 7.89. The van der Waals surface area contributed by atoms with Crippen LogP contribution in [-0.4, -0.2) is 54.3 Å². The number of hydrogen-bond acceptors (Lipinski definition) is 4. The second kappa shape index (κ2) is 9.58. The van der Waals surface area contributed by atoms with Gasteiger partial charge in [0.15, 0.2) is 0 Å². The minimum absolute atomic E-state index is 0.121. The van der Waals surface area contributed by atoms with E-state index in [1.165, 1.54) is 10.4 Å². The smallest absolute Gasteiger partial charge is 0.259 e. The molecule has 2 aromatic rings. The third-order valence-corrected chi connectivity index (χ3v) is 8.82. The average Bonchev–Trinajstić information content (AvgIpc) is 3.08. The van der Waals surface area contributed by atoms with E-state index in [4.69, 9.17) is 0 Å². The van der Waals surface area contributed by atoms with Crippen LogP contribution in [0, 0.1) is 11.8 Å². The highest BCUT2D eigenvalue weighted by Crippen LogP contribution is 2.28. The Hall–Kier alpha value is -2.19. The van der Waals surface area contributed by atoms with E-state index in [0.717, 1.165) is 32.1 Å². The number of carbonyl (C=O) groups excluding carboxylic acids is 1. The van der Waals surface area contributed by atoms with Gasteiger partial charge in [-0.15, -0.1) is 0 Å². The van der Waals surface area contributed by atoms with E-state index >= 15 is 0 Å². The number of sulfonamides is 1. The maximum atomic E-state index is 13.5. The van der Waals surface area contributed by atoms with Crippen molar-refractivity contribution in [1.29, 1.82) is 0 Å². The summed E-state index contributed by atoms with van der Waals surface area (Å²) in [5, 5.41) is 0.289. The number of hydrogen-bond donors (Lipinski definition) is 0. The molecule has 8 heteroatoms. The largest absolute Gasteiger partial charge is 0.347 e. The van der Waals surface area contributed by atoms with Gasteiger partial charge in [0, 0.05) is 44.3 Å². The molecule has 1 aromatic heterocycles. The molecule has 180 valence electrons. The Morgan fingerprint density at radius 3 is 2.27 bits per heavy atom. The topological polar surface area (TPSA) is 79.7 Å². The minimum Gasteiger partial charge on any atom is -0.347 e. The van der Waals surface area contributed by atoms with Crippen molar-refractivity contribution in [2.24, 2.45) is 11.8 Å². The van der Waals surface area contributed by atoms with Gasteiger partial charge in [-0.1, -0.05) is 26.7 Å². The molecule has 2 saturated heterocycles. The fraction of sp³-hybridized carbons (Fsp3) is 0.600. The number of pyridine rings is 1. The number of aryl methyl sites for hydroxylation is 1. The monoisotopic (exact) mass is 473 g/mol. The number of amides is 1. The second-order valence-corrected chi connectivity index (χ2v) is 11.7. The van der Waals surface area contributed by atoms with Crippen molar-refractivity contribution in [1.82, 2.24) is 13.8 Å². The molecule has 2 atom stereocenters. The van der Waals surface area contributed by atoms with E-state index in [9.17, 15) is 18.0 Å². The third-order valence-electron chi connectivity index (χ3n) is 6.99. The Bertz CT molecular complexity index is 1190. The summed E-state index contributed by atoms with van der Waals surface area (Å²) < 4.78 is 30.3. The summed E-state index contributed by atoms with van der Waals surface area (Å²) >= 11 is 0. The van der Waals surface area contributed by atoms with Crippen molar-refractivity contribution < 1.29 is 13.2 Å². The van der Waals surface area contributed by atoms with Crippen LogP contribution in [0.25, 0.3) is 10.9 Å². The second-order valence-electron chi connectivity index (χ2n) is 9.81. The van der Waals surface area contributed by atoms with E-state index < -0.39 is 10.0 Å². The van der Waals surface area contributed by atoms with Crippen LogP contribution in [0.2, 0.25) is 0 Å². The molecule has 2 fully saturated rings. The van der Waals surface area contributed by atoms with E-state index in [0.29, 0.717) is 50.1 Å². The first-order valence-electron chi connectivity index (χ1n) is 12.2. The van der Waals surface area contributed by atoms with Gasteiger partial charge >= 0.3 is 0 Å². The van der Waals surface area contributed by atoms with Gasteiger partial charge in [0.1, 0.15) is 5.56 Å². The number of carbonyl (C=O) groups is 1. The molecule has 2 aliphatic rings. The van der Waals surface area contributed by atoms with Gasteiger partial charge in [-0.05, 0) is 56.2 Å². The summed E-state index contributed by atoms with van der Waals surface area (Å²) in [7, 11) is -3.72. The average molecular weight is 474 g/mol. The summed E-state index contributed by atoms with van der Waals surface area (Å²) in [6.07, 6.45) is 6.71. The number of fused-ring (bicyclic) bond motifs is 1. The molecule has 0 spiro atoms. The van der Waals surface area contributed by atoms with Crippen LogP contribution in [0.4, 0.5) is 0 Å². The molecular formula is C25H35N3O4S. The van der Waals surface area contributed by atoms with Crippen molar-refractivity contribution in [3.8, 4) is 0 Å². The van der Waals surface area contributed by atoms with Crippen LogP contribution in [-0.2, 0) is 16.6 Å². The zero-order valence-corrected chi connectivity index (χ0v) is 20.7. The van der Waals surface area contributed by atoms with Crippen LogP contribution >= 0.6 is 0 Å². The molecule has 2 aliphatic heterocycles. The molecule has 7 nitrogen and oxygen atoms in total. The molecule has 0 aliphatic carbocycles. The highest BCUT2D eigenvalue weighted by Gasteiger charge is 2.32. The van der Waals surface area contributed by atoms with Gasteiger partial charge in [-0.2, -0.15) is 4.31 Å². The Balaban J connectivity index is 1.78. The first-order chi connectivity index (χ1) is 15.7. The van der Waals surface area contributed by atoms with E-state index in [1.807, 2.05) is 11.5 Å².